The fraction of sp³-hybridized carbons (Fsp3) is 0.375. The van der Waals surface area contributed by atoms with Crippen LogP contribution in [-0.2, 0) is 16.0 Å². The Labute approximate surface area is 217 Å². The number of halogens is 2. The number of anilines is 1. The number of pyridine rings is 2. The van der Waals surface area contributed by atoms with Gasteiger partial charge in [-0.2, -0.15) is 0 Å². The van der Waals surface area contributed by atoms with E-state index >= 15 is 0 Å². The van der Waals surface area contributed by atoms with Crippen LogP contribution in [0.25, 0.3) is 0 Å². The zero-order valence-corrected chi connectivity index (χ0v) is 22.2. The van der Waals surface area contributed by atoms with Crippen LogP contribution in [0.2, 0.25) is 10.0 Å². The van der Waals surface area contributed by atoms with E-state index in [1.807, 2.05) is 13.8 Å². The third kappa shape index (κ3) is 5.03. The predicted octanol–water partition coefficient (Wildman–Crippen LogP) is 4.83. The number of allylic oxidation sites excluding steroid dienone is 2. The van der Waals surface area contributed by atoms with Gasteiger partial charge < -0.3 is 15.7 Å². The molecule has 35 heavy (non-hydrogen) atoms. The first-order chi connectivity index (χ1) is 16.3. The Morgan fingerprint density at radius 1 is 1.17 bits per heavy atom. The third-order valence-corrected chi connectivity index (χ3v) is 7.54. The molecule has 0 fully saturated rings. The number of ketones is 1. The molecule has 2 aromatic heterocycles. The summed E-state index contributed by atoms with van der Waals surface area (Å²) in [4.78, 5) is 46.4. The van der Waals surface area contributed by atoms with E-state index in [9.17, 15) is 19.5 Å². The van der Waals surface area contributed by atoms with Gasteiger partial charge in [0.25, 0.3) is 5.91 Å². The Hall–Kier alpha value is -2.62. The van der Waals surface area contributed by atoms with Crippen LogP contribution >= 0.6 is 35.0 Å². The molecule has 3 rings (SSSR count). The van der Waals surface area contributed by atoms with Crippen molar-refractivity contribution in [3.05, 3.63) is 62.6 Å². The maximum absolute atomic E-state index is 12.6. The highest BCUT2D eigenvalue weighted by Gasteiger charge is 2.52. The minimum absolute atomic E-state index is 0.0110. The lowest BCUT2D eigenvalue weighted by atomic mass is 9.72. The molecule has 8 nitrogen and oxygen atoms in total. The van der Waals surface area contributed by atoms with Gasteiger partial charge in [-0.05, 0) is 38.2 Å². The molecule has 0 saturated carbocycles. The summed E-state index contributed by atoms with van der Waals surface area (Å²) in [6.45, 7) is 7.18. The van der Waals surface area contributed by atoms with E-state index in [1.54, 1.807) is 32.2 Å². The van der Waals surface area contributed by atoms with Gasteiger partial charge in [0.1, 0.15) is 5.54 Å². The van der Waals surface area contributed by atoms with Crippen LogP contribution < -0.4 is 10.6 Å². The van der Waals surface area contributed by atoms with Gasteiger partial charge in [0.2, 0.25) is 0 Å². The topological polar surface area (TPSA) is 121 Å². The molecule has 0 bridgehead atoms. The number of Topliss-reactive ketones (excluding diaryl/α,β-unsaturated/α-hetero) is 1. The number of carboxylic acid groups (broad SMARTS) is 1. The van der Waals surface area contributed by atoms with Gasteiger partial charge in [-0.15, -0.1) is 11.8 Å². The number of carboxylic acids is 1. The van der Waals surface area contributed by atoms with Crippen LogP contribution in [0.4, 0.5) is 5.69 Å². The number of thioether (sulfide) groups is 1. The minimum atomic E-state index is -1.40. The van der Waals surface area contributed by atoms with E-state index in [4.69, 9.17) is 23.2 Å². The standard InChI is InChI=1S/C24H26Cl2N4O4S/c1-12(2)24(22(33)34,30-19-18(35-5)20(31)23(19,3)4)8-13-6-7-14(9-28-13)29-21(32)17-15(25)10-27-11-16(17)26/h6-7,9-12,30H,8H2,1-5H3,(H,29,32)(H,33,34)/t24-/m0/s1. The molecule has 1 aliphatic carbocycles. The summed E-state index contributed by atoms with van der Waals surface area (Å²) < 4.78 is 0. The Morgan fingerprint density at radius 3 is 2.29 bits per heavy atom. The summed E-state index contributed by atoms with van der Waals surface area (Å²) >= 11 is 13.4. The van der Waals surface area contributed by atoms with E-state index in [1.165, 1.54) is 30.4 Å². The average Bonchev–Trinajstić information content (AvgIpc) is 2.78. The van der Waals surface area contributed by atoms with Crippen LogP contribution in [0.15, 0.2) is 41.3 Å². The fourth-order valence-electron chi connectivity index (χ4n) is 3.84. The van der Waals surface area contributed by atoms with Gasteiger partial charge in [0.15, 0.2) is 5.78 Å². The zero-order valence-electron chi connectivity index (χ0n) is 19.9. The summed E-state index contributed by atoms with van der Waals surface area (Å²) in [6, 6.07) is 3.27. The molecule has 0 spiro atoms. The summed E-state index contributed by atoms with van der Waals surface area (Å²) in [6.07, 6.45) is 5.94. The molecule has 0 unspecified atom stereocenters. The number of amides is 1. The van der Waals surface area contributed by atoms with Crippen molar-refractivity contribution >= 4 is 58.3 Å². The van der Waals surface area contributed by atoms with Gasteiger partial charge in [0, 0.05) is 30.2 Å². The molecule has 1 atom stereocenters. The maximum atomic E-state index is 12.6. The van der Waals surface area contributed by atoms with Crippen LogP contribution in [0.1, 0.15) is 43.7 Å². The largest absolute Gasteiger partial charge is 0.479 e. The van der Waals surface area contributed by atoms with E-state index in [0.29, 0.717) is 22.0 Å². The number of aliphatic carboxylic acids is 1. The molecule has 2 heterocycles. The lowest BCUT2D eigenvalue weighted by molar-refractivity contribution is -0.147. The number of hydrogen-bond donors (Lipinski definition) is 3. The number of aromatic nitrogens is 2. The lowest BCUT2D eigenvalue weighted by Gasteiger charge is -2.45. The smallest absolute Gasteiger partial charge is 0.330 e. The van der Waals surface area contributed by atoms with Gasteiger partial charge in [-0.25, -0.2) is 4.79 Å². The van der Waals surface area contributed by atoms with Crippen LogP contribution in [0.5, 0.6) is 0 Å². The molecule has 0 aliphatic heterocycles. The first-order valence-corrected chi connectivity index (χ1v) is 12.7. The minimum Gasteiger partial charge on any atom is -0.479 e. The van der Waals surface area contributed by atoms with Crippen LogP contribution in [-0.4, -0.2) is 44.5 Å². The number of nitrogens with zero attached hydrogens (tertiary/aromatic N) is 2. The van der Waals surface area contributed by atoms with Crippen molar-refractivity contribution in [1.29, 1.82) is 0 Å². The van der Waals surface area contributed by atoms with Crippen molar-refractivity contribution in [3.63, 3.8) is 0 Å². The molecule has 3 N–H and O–H groups in total. The predicted molar refractivity (Wildman–Crippen MR) is 138 cm³/mol. The van der Waals surface area contributed by atoms with Gasteiger partial charge in [-0.3, -0.25) is 19.6 Å². The molecular weight excluding hydrogens is 511 g/mol. The van der Waals surface area contributed by atoms with Crippen molar-refractivity contribution in [3.8, 4) is 0 Å². The first-order valence-electron chi connectivity index (χ1n) is 10.8. The molecule has 0 radical (unpaired) electrons. The van der Waals surface area contributed by atoms with E-state index in [0.717, 1.165) is 0 Å². The third-order valence-electron chi connectivity index (χ3n) is 6.17. The second kappa shape index (κ2) is 10.2. The SMILES string of the molecule is CSC1=C(N[C@](Cc2ccc(NC(=O)c3c(Cl)cncc3Cl)cn2)(C(=O)O)C(C)C)C(C)(C)C1=O. The Kier molecular flexibility index (Phi) is 7.83. The Morgan fingerprint density at radius 2 is 1.80 bits per heavy atom. The van der Waals surface area contributed by atoms with Crippen molar-refractivity contribution in [2.75, 3.05) is 11.6 Å². The highest BCUT2D eigenvalue weighted by atomic mass is 35.5. The van der Waals surface area contributed by atoms with Gasteiger partial charge in [0.05, 0.1) is 37.8 Å². The Bertz CT molecular complexity index is 1190. The van der Waals surface area contributed by atoms with E-state index in [2.05, 4.69) is 20.6 Å². The van der Waals surface area contributed by atoms with Crippen molar-refractivity contribution < 1.29 is 19.5 Å². The normalized spacial score (nSPS) is 16.5. The summed E-state index contributed by atoms with van der Waals surface area (Å²) in [5.41, 5.74) is -0.576. The summed E-state index contributed by atoms with van der Waals surface area (Å²) in [7, 11) is 0. The molecular formula is C24H26Cl2N4O4S. The lowest BCUT2D eigenvalue weighted by Crippen LogP contribution is -2.61. The highest BCUT2D eigenvalue weighted by molar-refractivity contribution is 8.03. The van der Waals surface area contributed by atoms with Crippen LogP contribution in [0.3, 0.4) is 0 Å². The molecule has 1 aliphatic rings. The molecule has 1 amide bonds. The van der Waals surface area contributed by atoms with Gasteiger partial charge >= 0.3 is 5.97 Å². The summed E-state index contributed by atoms with van der Waals surface area (Å²) in [5, 5.41) is 16.4. The molecule has 0 saturated heterocycles. The quantitative estimate of drug-likeness (QED) is 0.416. The molecule has 2 aromatic rings. The second-order valence-electron chi connectivity index (χ2n) is 9.07. The monoisotopic (exact) mass is 536 g/mol. The molecule has 0 aromatic carbocycles. The van der Waals surface area contributed by atoms with Crippen molar-refractivity contribution in [2.24, 2.45) is 11.3 Å². The second-order valence-corrected chi connectivity index (χ2v) is 10.7. The molecule has 11 heteroatoms. The van der Waals surface area contributed by atoms with Crippen molar-refractivity contribution in [1.82, 2.24) is 15.3 Å². The highest BCUT2D eigenvalue weighted by Crippen LogP contribution is 2.46. The van der Waals surface area contributed by atoms with E-state index in [-0.39, 0.29) is 33.7 Å². The summed E-state index contributed by atoms with van der Waals surface area (Å²) in [5.74, 6) is -1.91. The molecule has 186 valence electrons. The number of rotatable bonds is 9. The Balaban J connectivity index is 1.86. The fourth-order valence-corrected chi connectivity index (χ4v) is 5.33. The van der Waals surface area contributed by atoms with E-state index < -0.39 is 22.8 Å². The number of carbonyl (C=O) groups excluding carboxylic acids is 2. The van der Waals surface area contributed by atoms with Gasteiger partial charge in [-0.1, -0.05) is 37.0 Å². The van der Waals surface area contributed by atoms with Crippen molar-refractivity contribution in [2.45, 2.75) is 39.7 Å². The number of nitrogens with one attached hydrogen (secondary N) is 2. The number of carbonyl (C=O) groups is 3. The number of hydrogen-bond acceptors (Lipinski definition) is 7. The maximum Gasteiger partial charge on any atom is 0.330 e. The van der Waals surface area contributed by atoms with Crippen LogP contribution in [0, 0.1) is 11.3 Å². The zero-order chi connectivity index (χ0) is 26.1. The first kappa shape index (κ1) is 27.0. The average molecular weight is 537 g/mol.